The van der Waals surface area contributed by atoms with E-state index in [4.69, 9.17) is 4.74 Å². The van der Waals surface area contributed by atoms with E-state index in [-0.39, 0.29) is 23.3 Å². The molecule has 0 aliphatic heterocycles. The maximum absolute atomic E-state index is 14.2. The van der Waals surface area contributed by atoms with Crippen LogP contribution in [0.25, 0.3) is 0 Å². The molecule has 1 unspecified atom stereocenters. The van der Waals surface area contributed by atoms with Gasteiger partial charge in [-0.25, -0.2) is 14.4 Å². The number of anilines is 4. The van der Waals surface area contributed by atoms with Gasteiger partial charge in [0.25, 0.3) is 0 Å². The van der Waals surface area contributed by atoms with Crippen molar-refractivity contribution in [1.82, 2.24) is 15.0 Å². The van der Waals surface area contributed by atoms with Crippen LogP contribution < -0.4 is 15.4 Å². The molecule has 0 saturated carbocycles. The number of aliphatic hydroxyl groups is 1. The van der Waals surface area contributed by atoms with E-state index >= 15 is 0 Å². The number of ether oxygens (including phenoxy) is 1. The Morgan fingerprint density at radius 3 is 2.33 bits per heavy atom. The Labute approximate surface area is 187 Å². The highest BCUT2D eigenvalue weighted by molar-refractivity contribution is 5.67. The molecule has 1 atom stereocenters. The number of nitro groups is 1. The van der Waals surface area contributed by atoms with Crippen LogP contribution in [-0.4, -0.2) is 32.1 Å². The lowest BCUT2D eigenvalue weighted by Gasteiger charge is -2.25. The minimum atomic E-state index is -1.31. The van der Waals surface area contributed by atoms with E-state index in [9.17, 15) is 24.0 Å². The molecular weight excluding hydrogens is 438 g/mol. The summed E-state index contributed by atoms with van der Waals surface area (Å²) in [6, 6.07) is 4.62. The summed E-state index contributed by atoms with van der Waals surface area (Å²) in [5, 5.41) is 27.5. The van der Waals surface area contributed by atoms with E-state index in [2.05, 4.69) is 25.6 Å². The van der Waals surface area contributed by atoms with Crippen molar-refractivity contribution in [2.45, 2.75) is 32.8 Å². The first-order valence-corrected chi connectivity index (χ1v) is 9.83. The zero-order chi connectivity index (χ0) is 24.3. The van der Waals surface area contributed by atoms with Gasteiger partial charge < -0.3 is 20.5 Å². The number of rotatable bonds is 8. The smallest absolute Gasteiger partial charge is 0.307 e. The Hall–Kier alpha value is -3.93. The van der Waals surface area contributed by atoms with Crippen LogP contribution >= 0.6 is 0 Å². The Balaban J connectivity index is 1.96. The lowest BCUT2D eigenvalue weighted by atomic mass is 9.90. The van der Waals surface area contributed by atoms with Crippen LogP contribution in [0.2, 0.25) is 0 Å². The number of methoxy groups -OCH3 is 1. The van der Waals surface area contributed by atoms with Crippen molar-refractivity contribution in [3.05, 3.63) is 63.5 Å². The standard InChI is InChI=1S/C21H22F2N6O4/c1-5-21(3,30)12-7-13(22)11(2)6-15(12)26-19-24-10-25-20(28-19)27-16-9-17(29(31)32)14(23)8-18(16)33-4/h6-10,30H,5H2,1-4H3,(H2,24,25,26,27,28). The molecule has 0 fully saturated rings. The minimum absolute atomic E-state index is 0.00320. The second-order valence-corrected chi connectivity index (χ2v) is 7.42. The van der Waals surface area contributed by atoms with E-state index in [1.54, 1.807) is 20.8 Å². The number of nitro benzene ring substituents is 1. The average molecular weight is 460 g/mol. The molecule has 0 amide bonds. The first kappa shape index (κ1) is 23.7. The quantitative estimate of drug-likeness (QED) is 0.328. The maximum Gasteiger partial charge on any atom is 0.307 e. The Kier molecular flexibility index (Phi) is 6.68. The number of hydrogen-bond acceptors (Lipinski definition) is 9. The molecular formula is C21H22F2N6O4. The predicted molar refractivity (Wildman–Crippen MR) is 117 cm³/mol. The van der Waals surface area contributed by atoms with Gasteiger partial charge in [-0.15, -0.1) is 0 Å². The van der Waals surface area contributed by atoms with Gasteiger partial charge in [0.2, 0.25) is 17.7 Å². The van der Waals surface area contributed by atoms with Gasteiger partial charge in [-0.05, 0) is 38.0 Å². The van der Waals surface area contributed by atoms with E-state index in [0.29, 0.717) is 23.2 Å². The van der Waals surface area contributed by atoms with Crippen LogP contribution in [0.15, 0.2) is 30.6 Å². The molecule has 33 heavy (non-hydrogen) atoms. The summed E-state index contributed by atoms with van der Waals surface area (Å²) in [6.45, 7) is 4.91. The molecule has 1 aromatic heterocycles. The molecule has 3 rings (SSSR count). The third-order valence-corrected chi connectivity index (χ3v) is 5.10. The Morgan fingerprint density at radius 1 is 1.12 bits per heavy atom. The first-order chi connectivity index (χ1) is 15.6. The molecule has 0 spiro atoms. The van der Waals surface area contributed by atoms with Crippen LogP contribution in [0, 0.1) is 28.7 Å². The third kappa shape index (κ3) is 5.12. The highest BCUT2D eigenvalue weighted by Crippen LogP contribution is 2.35. The molecule has 0 aliphatic carbocycles. The molecule has 0 radical (unpaired) electrons. The fourth-order valence-electron chi connectivity index (χ4n) is 3.03. The molecule has 0 aliphatic rings. The number of aryl methyl sites for hydroxylation is 1. The Morgan fingerprint density at radius 2 is 1.76 bits per heavy atom. The van der Waals surface area contributed by atoms with Gasteiger partial charge in [-0.1, -0.05) is 6.92 Å². The molecule has 174 valence electrons. The second kappa shape index (κ2) is 9.28. The van der Waals surface area contributed by atoms with Crippen molar-refractivity contribution in [2.24, 2.45) is 0 Å². The maximum atomic E-state index is 14.2. The fraction of sp³-hybridized carbons (Fsp3) is 0.286. The predicted octanol–water partition coefficient (Wildman–Crippen LogP) is 4.48. The van der Waals surface area contributed by atoms with Crippen molar-refractivity contribution in [2.75, 3.05) is 17.7 Å². The van der Waals surface area contributed by atoms with E-state index in [1.165, 1.54) is 25.6 Å². The van der Waals surface area contributed by atoms with Gasteiger partial charge in [0.05, 0.1) is 23.3 Å². The van der Waals surface area contributed by atoms with E-state index in [0.717, 1.165) is 12.1 Å². The number of nitrogens with one attached hydrogen (secondary N) is 2. The fourth-order valence-corrected chi connectivity index (χ4v) is 3.03. The topological polar surface area (TPSA) is 135 Å². The monoisotopic (exact) mass is 460 g/mol. The molecule has 3 aromatic rings. The lowest BCUT2D eigenvalue weighted by Crippen LogP contribution is -2.22. The number of benzene rings is 2. The third-order valence-electron chi connectivity index (χ3n) is 5.10. The van der Waals surface area contributed by atoms with E-state index in [1.807, 2.05) is 0 Å². The molecule has 10 nitrogen and oxygen atoms in total. The minimum Gasteiger partial charge on any atom is -0.494 e. The van der Waals surface area contributed by atoms with Crippen molar-refractivity contribution in [1.29, 1.82) is 0 Å². The molecule has 3 N–H and O–H groups in total. The number of aromatic nitrogens is 3. The second-order valence-electron chi connectivity index (χ2n) is 7.42. The van der Waals surface area contributed by atoms with Crippen molar-refractivity contribution >= 4 is 29.0 Å². The summed E-state index contributed by atoms with van der Waals surface area (Å²) >= 11 is 0. The normalized spacial score (nSPS) is 12.7. The highest BCUT2D eigenvalue weighted by atomic mass is 19.1. The average Bonchev–Trinajstić information content (AvgIpc) is 2.77. The summed E-state index contributed by atoms with van der Waals surface area (Å²) in [6.07, 6.45) is 1.51. The van der Waals surface area contributed by atoms with Crippen molar-refractivity contribution in [3.63, 3.8) is 0 Å². The van der Waals surface area contributed by atoms with Gasteiger partial charge in [0, 0.05) is 23.4 Å². The highest BCUT2D eigenvalue weighted by Gasteiger charge is 2.26. The summed E-state index contributed by atoms with van der Waals surface area (Å²) in [5.41, 5.74) is -0.935. The molecule has 0 saturated heterocycles. The van der Waals surface area contributed by atoms with Crippen molar-refractivity contribution < 1.29 is 23.5 Å². The van der Waals surface area contributed by atoms with Gasteiger partial charge in [0.15, 0.2) is 0 Å². The van der Waals surface area contributed by atoms with Crippen LogP contribution in [0.1, 0.15) is 31.4 Å². The van der Waals surface area contributed by atoms with Crippen molar-refractivity contribution in [3.8, 4) is 5.75 Å². The van der Waals surface area contributed by atoms with E-state index < -0.39 is 27.8 Å². The van der Waals surface area contributed by atoms with Crippen LogP contribution in [0.3, 0.4) is 0 Å². The van der Waals surface area contributed by atoms with Crippen LogP contribution in [0.5, 0.6) is 5.75 Å². The van der Waals surface area contributed by atoms with Gasteiger partial charge in [-0.2, -0.15) is 9.37 Å². The van der Waals surface area contributed by atoms with Gasteiger partial charge in [-0.3, -0.25) is 10.1 Å². The number of nitrogens with zero attached hydrogens (tertiary/aromatic N) is 4. The number of halogens is 2. The molecule has 0 bridgehead atoms. The summed E-state index contributed by atoms with van der Waals surface area (Å²) in [4.78, 5) is 22.4. The first-order valence-electron chi connectivity index (χ1n) is 9.83. The largest absolute Gasteiger partial charge is 0.494 e. The number of hydrogen-bond donors (Lipinski definition) is 3. The summed E-state index contributed by atoms with van der Waals surface area (Å²) < 4.78 is 33.1. The molecule has 2 aromatic carbocycles. The van der Waals surface area contributed by atoms with Crippen LogP contribution in [0.4, 0.5) is 37.7 Å². The zero-order valence-corrected chi connectivity index (χ0v) is 18.3. The lowest BCUT2D eigenvalue weighted by molar-refractivity contribution is -0.387. The SMILES string of the molecule is CCC(C)(O)c1cc(F)c(C)cc1Nc1ncnc(Nc2cc([N+](=O)[O-])c(F)cc2OC)n1. The van der Waals surface area contributed by atoms with Crippen LogP contribution in [-0.2, 0) is 5.60 Å². The molecule has 12 heteroatoms. The molecule has 1 heterocycles. The zero-order valence-electron chi connectivity index (χ0n) is 18.3. The van der Waals surface area contributed by atoms with Gasteiger partial charge >= 0.3 is 5.69 Å². The van der Waals surface area contributed by atoms with Gasteiger partial charge in [0.1, 0.15) is 17.9 Å². The summed E-state index contributed by atoms with van der Waals surface area (Å²) in [7, 11) is 1.28. The summed E-state index contributed by atoms with van der Waals surface area (Å²) in [5.74, 6) is -1.48. The Bertz CT molecular complexity index is 1210.